The maximum atomic E-state index is 5.73. The lowest BCUT2D eigenvalue weighted by Crippen LogP contribution is -2.07. The van der Waals surface area contributed by atoms with Gasteiger partial charge in [-0.1, -0.05) is 53.7 Å². The predicted molar refractivity (Wildman–Crippen MR) is 120 cm³/mol. The Labute approximate surface area is 167 Å². The third kappa shape index (κ3) is 3.79. The van der Waals surface area contributed by atoms with E-state index in [0.29, 0.717) is 17.8 Å². The van der Waals surface area contributed by atoms with Crippen LogP contribution in [0.3, 0.4) is 0 Å². The van der Waals surface area contributed by atoms with Gasteiger partial charge in [-0.2, -0.15) is 0 Å². The molecule has 148 valence electrons. The fourth-order valence-corrected chi connectivity index (χ4v) is 4.20. The molecule has 0 amide bonds. The van der Waals surface area contributed by atoms with Gasteiger partial charge in [-0.3, -0.25) is 0 Å². The van der Waals surface area contributed by atoms with E-state index >= 15 is 0 Å². The Hall–Kier alpha value is -1.76. The molecular weight excluding hydrogens is 328 g/mol. The third-order valence-electron chi connectivity index (χ3n) is 6.14. The second kappa shape index (κ2) is 8.09. The number of benzene rings is 2. The van der Waals surface area contributed by atoms with Crippen molar-refractivity contribution in [2.45, 2.75) is 87.0 Å². The molecule has 27 heavy (non-hydrogen) atoms. The average molecular weight is 367 g/mol. The van der Waals surface area contributed by atoms with Gasteiger partial charge in [-0.25, -0.2) is 0 Å². The van der Waals surface area contributed by atoms with Crippen LogP contribution in [0, 0.1) is 27.7 Å². The number of hydrogen-bond donors (Lipinski definition) is 0. The molecule has 0 fully saturated rings. The Morgan fingerprint density at radius 1 is 0.593 bits per heavy atom. The molecule has 0 atom stereocenters. The number of hydrogen-bond acceptors (Lipinski definition) is 1. The summed E-state index contributed by atoms with van der Waals surface area (Å²) in [6.07, 6.45) is 0. The fourth-order valence-electron chi connectivity index (χ4n) is 4.20. The van der Waals surface area contributed by atoms with Crippen molar-refractivity contribution in [1.29, 1.82) is 0 Å². The molecule has 0 heterocycles. The third-order valence-corrected chi connectivity index (χ3v) is 6.14. The van der Waals surface area contributed by atoms with Gasteiger partial charge in [0.05, 0.1) is 7.11 Å². The largest absolute Gasteiger partial charge is 0.496 e. The zero-order chi connectivity index (χ0) is 20.6. The molecule has 2 aromatic carbocycles. The maximum Gasteiger partial charge on any atom is 0.125 e. The molecule has 1 nitrogen and oxygen atoms in total. The van der Waals surface area contributed by atoms with Gasteiger partial charge in [0.25, 0.3) is 0 Å². The van der Waals surface area contributed by atoms with E-state index in [1.807, 2.05) is 0 Å². The van der Waals surface area contributed by atoms with E-state index in [0.717, 1.165) is 5.75 Å². The quantitative estimate of drug-likeness (QED) is 0.521. The first-order valence-electron chi connectivity index (χ1n) is 10.3. The van der Waals surface area contributed by atoms with Crippen LogP contribution in [0.15, 0.2) is 12.1 Å². The summed E-state index contributed by atoms with van der Waals surface area (Å²) >= 11 is 0. The first-order chi connectivity index (χ1) is 12.5. The molecule has 0 saturated heterocycles. The van der Waals surface area contributed by atoms with Gasteiger partial charge in [0, 0.05) is 0 Å². The molecule has 0 saturated carbocycles. The summed E-state index contributed by atoms with van der Waals surface area (Å²) in [7, 11) is 1.78. The van der Waals surface area contributed by atoms with Gasteiger partial charge < -0.3 is 4.74 Å². The van der Waals surface area contributed by atoms with E-state index in [-0.39, 0.29) is 0 Å². The Morgan fingerprint density at radius 2 is 1.00 bits per heavy atom. The summed E-state index contributed by atoms with van der Waals surface area (Å²) in [4.78, 5) is 0. The molecule has 0 aliphatic heterocycles. The monoisotopic (exact) mass is 366 g/mol. The average Bonchev–Trinajstić information content (AvgIpc) is 2.60. The SMILES string of the molecule is COc1c(C)c(C)c(-c2c(C(C)C)cc(C(C)C)cc2C(C)C)c(C)c1C. The van der Waals surface area contributed by atoms with Crippen molar-refractivity contribution in [3.63, 3.8) is 0 Å². The van der Waals surface area contributed by atoms with Gasteiger partial charge in [0.1, 0.15) is 5.75 Å². The lowest BCUT2D eigenvalue weighted by molar-refractivity contribution is 0.408. The normalized spacial score (nSPS) is 11.8. The molecule has 0 unspecified atom stereocenters. The Bertz CT molecular complexity index is 780. The van der Waals surface area contributed by atoms with Crippen molar-refractivity contribution in [1.82, 2.24) is 0 Å². The summed E-state index contributed by atoms with van der Waals surface area (Å²) in [6.45, 7) is 22.8. The van der Waals surface area contributed by atoms with Gasteiger partial charge in [-0.15, -0.1) is 0 Å². The van der Waals surface area contributed by atoms with Gasteiger partial charge >= 0.3 is 0 Å². The minimum Gasteiger partial charge on any atom is -0.496 e. The summed E-state index contributed by atoms with van der Waals surface area (Å²) in [6, 6.07) is 4.90. The van der Waals surface area contributed by atoms with Crippen LogP contribution >= 0.6 is 0 Å². The van der Waals surface area contributed by atoms with Gasteiger partial charge in [0.2, 0.25) is 0 Å². The van der Waals surface area contributed by atoms with E-state index in [2.05, 4.69) is 81.4 Å². The van der Waals surface area contributed by atoms with E-state index in [4.69, 9.17) is 4.74 Å². The van der Waals surface area contributed by atoms with Crippen LogP contribution in [0.25, 0.3) is 11.1 Å². The highest BCUT2D eigenvalue weighted by Gasteiger charge is 2.24. The molecule has 0 spiro atoms. The van der Waals surface area contributed by atoms with E-state index in [9.17, 15) is 0 Å². The summed E-state index contributed by atoms with van der Waals surface area (Å²) in [5.74, 6) is 2.54. The fraction of sp³-hybridized carbons (Fsp3) is 0.538. The van der Waals surface area contributed by atoms with Crippen molar-refractivity contribution in [3.05, 3.63) is 51.1 Å². The minimum atomic E-state index is 0.484. The zero-order valence-corrected chi connectivity index (χ0v) is 19.3. The van der Waals surface area contributed by atoms with Crippen LogP contribution in [0.2, 0.25) is 0 Å². The molecule has 1 heteroatoms. The van der Waals surface area contributed by atoms with Crippen LogP contribution < -0.4 is 4.74 Å². The van der Waals surface area contributed by atoms with Crippen molar-refractivity contribution >= 4 is 0 Å². The lowest BCUT2D eigenvalue weighted by atomic mass is 9.78. The second-order valence-electron chi connectivity index (χ2n) is 8.95. The van der Waals surface area contributed by atoms with E-state index in [1.165, 1.54) is 50.1 Å². The summed E-state index contributed by atoms with van der Waals surface area (Å²) in [5, 5.41) is 0. The number of rotatable bonds is 5. The predicted octanol–water partition coefficient (Wildman–Crippen LogP) is 7.97. The number of methoxy groups -OCH3 is 1. The Balaban J connectivity index is 3.03. The highest BCUT2D eigenvalue weighted by molar-refractivity contribution is 5.81. The molecule has 0 aliphatic carbocycles. The Morgan fingerprint density at radius 3 is 1.30 bits per heavy atom. The van der Waals surface area contributed by atoms with Crippen LogP contribution in [0.4, 0.5) is 0 Å². The van der Waals surface area contributed by atoms with Crippen molar-refractivity contribution in [2.75, 3.05) is 7.11 Å². The van der Waals surface area contributed by atoms with E-state index < -0.39 is 0 Å². The standard InChI is InChI=1S/C26H38O/c1-14(2)21-12-22(15(3)4)25(23(13-21)16(5)6)24-17(7)19(9)26(27-11)20(10)18(24)8/h12-16H,1-11H3. The van der Waals surface area contributed by atoms with Crippen molar-refractivity contribution in [3.8, 4) is 16.9 Å². The lowest BCUT2D eigenvalue weighted by Gasteiger charge is -2.27. The molecule has 0 bridgehead atoms. The first-order valence-corrected chi connectivity index (χ1v) is 10.3. The van der Waals surface area contributed by atoms with Gasteiger partial charge in [-0.05, 0) is 95.5 Å². The number of ether oxygens (including phenoxy) is 1. The summed E-state index contributed by atoms with van der Waals surface area (Å²) in [5.41, 5.74) is 12.5. The topological polar surface area (TPSA) is 9.23 Å². The molecule has 0 radical (unpaired) electrons. The smallest absolute Gasteiger partial charge is 0.125 e. The molecule has 0 aromatic heterocycles. The van der Waals surface area contributed by atoms with Crippen LogP contribution in [-0.4, -0.2) is 7.11 Å². The molecule has 0 N–H and O–H groups in total. The van der Waals surface area contributed by atoms with Gasteiger partial charge in [0.15, 0.2) is 0 Å². The molecular formula is C26H38O. The maximum absolute atomic E-state index is 5.73. The zero-order valence-electron chi connectivity index (χ0n) is 19.3. The molecule has 0 aliphatic rings. The van der Waals surface area contributed by atoms with Crippen LogP contribution in [0.5, 0.6) is 5.75 Å². The van der Waals surface area contributed by atoms with Crippen LogP contribution in [0.1, 0.15) is 98.2 Å². The van der Waals surface area contributed by atoms with Crippen molar-refractivity contribution in [2.24, 2.45) is 0 Å². The van der Waals surface area contributed by atoms with Crippen LogP contribution in [-0.2, 0) is 0 Å². The second-order valence-corrected chi connectivity index (χ2v) is 8.95. The minimum absolute atomic E-state index is 0.484. The summed E-state index contributed by atoms with van der Waals surface area (Å²) < 4.78 is 5.73. The van der Waals surface area contributed by atoms with Crippen molar-refractivity contribution < 1.29 is 4.74 Å². The molecule has 2 rings (SSSR count). The highest BCUT2D eigenvalue weighted by Crippen LogP contribution is 2.45. The Kier molecular flexibility index (Phi) is 6.45. The van der Waals surface area contributed by atoms with E-state index in [1.54, 1.807) is 7.11 Å². The molecule has 2 aromatic rings. The first kappa shape index (κ1) is 21.5. The highest BCUT2D eigenvalue weighted by atomic mass is 16.5.